The van der Waals surface area contributed by atoms with Gasteiger partial charge in [0.15, 0.2) is 0 Å². The summed E-state index contributed by atoms with van der Waals surface area (Å²) in [6.45, 7) is 2.16. The number of alkyl halides is 3. The standard InChI is InChI=1S/C38H37F3N4O7/c1-47-12-13-51-32-16-26(37(46)48-2)15-31-36(32)44-34(45(31)20-29-9-11-50-29)18-23-6-7-25-14-27(23)21-49-10-8-24-17-33(38(39,40)41)42-19-28(24)22-52-35-5-3-4-30(25)43-35/h3-7,14-17,19,29H,8-13,18,20-22H2,1-2H3/t29-/m0/s1. The largest absolute Gasteiger partial charge is 0.489 e. The molecule has 1 fully saturated rings. The summed E-state index contributed by atoms with van der Waals surface area (Å²) in [4.78, 5) is 26.1. The number of aromatic nitrogens is 4. The summed E-state index contributed by atoms with van der Waals surface area (Å²) < 4.78 is 76.9. The molecule has 0 unspecified atom stereocenters. The minimum absolute atomic E-state index is 0.00820. The first-order valence-corrected chi connectivity index (χ1v) is 16.9. The lowest BCUT2D eigenvalue weighted by Crippen LogP contribution is -2.31. The lowest BCUT2D eigenvalue weighted by molar-refractivity contribution is -0.141. The van der Waals surface area contributed by atoms with Gasteiger partial charge in [-0.25, -0.2) is 14.8 Å². The second-order valence-corrected chi connectivity index (χ2v) is 12.5. The molecule has 0 aliphatic carbocycles. The van der Waals surface area contributed by atoms with Gasteiger partial charge in [0.05, 0.1) is 56.4 Å². The van der Waals surface area contributed by atoms with Crippen LogP contribution in [0.5, 0.6) is 11.6 Å². The molecule has 4 bridgehead atoms. The summed E-state index contributed by atoms with van der Waals surface area (Å²) >= 11 is 0. The van der Waals surface area contributed by atoms with Crippen molar-refractivity contribution >= 4 is 17.0 Å². The van der Waals surface area contributed by atoms with Crippen LogP contribution in [0.3, 0.4) is 0 Å². The number of esters is 1. The number of halogens is 3. The van der Waals surface area contributed by atoms with E-state index < -0.39 is 17.8 Å². The lowest BCUT2D eigenvalue weighted by atomic mass is 9.99. The summed E-state index contributed by atoms with van der Waals surface area (Å²) in [6.07, 6.45) is -1.89. The molecule has 3 aromatic heterocycles. The van der Waals surface area contributed by atoms with Crippen LogP contribution in [0.2, 0.25) is 0 Å². The highest BCUT2D eigenvalue weighted by atomic mass is 19.4. The molecule has 1 saturated heterocycles. The topological polar surface area (TPSA) is 116 Å². The minimum Gasteiger partial charge on any atom is -0.489 e. The Kier molecular flexibility index (Phi) is 10.4. The molecule has 2 aliphatic rings. The average Bonchev–Trinajstić information content (AvgIpc) is 3.47. The first-order chi connectivity index (χ1) is 25.2. The Morgan fingerprint density at radius 3 is 2.62 bits per heavy atom. The maximum Gasteiger partial charge on any atom is 0.433 e. The van der Waals surface area contributed by atoms with Crippen molar-refractivity contribution in [2.45, 2.75) is 51.3 Å². The van der Waals surface area contributed by atoms with E-state index in [1.165, 1.54) is 13.3 Å². The highest BCUT2D eigenvalue weighted by Crippen LogP contribution is 2.33. The lowest BCUT2D eigenvalue weighted by Gasteiger charge is -2.27. The van der Waals surface area contributed by atoms with Gasteiger partial charge in [0, 0.05) is 43.5 Å². The SMILES string of the molecule is COCCOc1cc(C(=O)OC)cc2c1nc(Cc1ccc3cc1COCCc1cc(C(F)(F)F)ncc1COc1cccc-3n1)n2C[C@@H]1CCO1. The highest BCUT2D eigenvalue weighted by molar-refractivity contribution is 5.96. The summed E-state index contributed by atoms with van der Waals surface area (Å²) in [5.74, 6) is 0.993. The molecule has 0 N–H and O–H groups in total. The number of benzene rings is 2. The number of hydrogen-bond donors (Lipinski definition) is 0. The quantitative estimate of drug-likeness (QED) is 0.126. The third-order valence-corrected chi connectivity index (χ3v) is 9.14. The van der Waals surface area contributed by atoms with Crippen LogP contribution in [0, 0.1) is 0 Å². The number of carbonyl (C=O) groups is 1. The van der Waals surface area contributed by atoms with E-state index in [2.05, 4.69) is 14.5 Å². The summed E-state index contributed by atoms with van der Waals surface area (Å²) in [7, 11) is 2.91. The zero-order valence-corrected chi connectivity index (χ0v) is 28.7. The van der Waals surface area contributed by atoms with Gasteiger partial charge in [-0.2, -0.15) is 13.2 Å². The Balaban J connectivity index is 1.27. The summed E-state index contributed by atoms with van der Waals surface area (Å²) in [6, 6.07) is 15.8. The van der Waals surface area contributed by atoms with E-state index in [9.17, 15) is 18.0 Å². The molecule has 0 spiro atoms. The molecule has 7 rings (SSSR count). The van der Waals surface area contributed by atoms with Gasteiger partial charge in [0.1, 0.15) is 36.0 Å². The molecule has 1 atom stereocenters. The average molecular weight is 719 g/mol. The van der Waals surface area contributed by atoms with Crippen LogP contribution >= 0.6 is 0 Å². The Morgan fingerprint density at radius 2 is 1.85 bits per heavy atom. The van der Waals surface area contributed by atoms with Gasteiger partial charge in [-0.05, 0) is 59.9 Å². The maximum atomic E-state index is 13.6. The molecule has 11 nitrogen and oxygen atoms in total. The molecule has 272 valence electrons. The van der Waals surface area contributed by atoms with Crippen molar-refractivity contribution in [1.82, 2.24) is 19.5 Å². The van der Waals surface area contributed by atoms with E-state index >= 15 is 0 Å². The molecular weight excluding hydrogens is 681 g/mol. The molecule has 52 heavy (non-hydrogen) atoms. The maximum absolute atomic E-state index is 13.6. The van der Waals surface area contributed by atoms with Crippen LogP contribution in [-0.2, 0) is 57.7 Å². The monoisotopic (exact) mass is 718 g/mol. The van der Waals surface area contributed by atoms with Gasteiger partial charge in [0.2, 0.25) is 5.88 Å². The smallest absolute Gasteiger partial charge is 0.433 e. The fourth-order valence-electron chi connectivity index (χ4n) is 6.27. The van der Waals surface area contributed by atoms with Gasteiger partial charge >= 0.3 is 12.1 Å². The van der Waals surface area contributed by atoms with Crippen molar-refractivity contribution in [3.63, 3.8) is 0 Å². The van der Waals surface area contributed by atoms with E-state index in [0.717, 1.165) is 35.0 Å². The number of pyridine rings is 2. The predicted molar refractivity (Wildman–Crippen MR) is 182 cm³/mol. The van der Waals surface area contributed by atoms with Crippen molar-refractivity contribution in [2.24, 2.45) is 0 Å². The Bertz CT molecular complexity index is 2080. The number of methoxy groups -OCH3 is 2. The van der Waals surface area contributed by atoms with Crippen molar-refractivity contribution in [2.75, 3.05) is 40.6 Å². The zero-order chi connectivity index (χ0) is 36.2. The van der Waals surface area contributed by atoms with Crippen LogP contribution in [0.1, 0.15) is 50.6 Å². The molecule has 0 radical (unpaired) electrons. The van der Waals surface area contributed by atoms with Crippen LogP contribution in [0.25, 0.3) is 22.3 Å². The molecule has 2 aliphatic heterocycles. The molecule has 2 aromatic carbocycles. The van der Waals surface area contributed by atoms with E-state index in [0.29, 0.717) is 71.2 Å². The van der Waals surface area contributed by atoms with E-state index in [-0.39, 0.29) is 39.0 Å². The normalized spacial score (nSPS) is 16.0. The second-order valence-electron chi connectivity index (χ2n) is 12.5. The third-order valence-electron chi connectivity index (χ3n) is 9.14. The number of carbonyl (C=O) groups excluding carboxylic acids is 1. The van der Waals surface area contributed by atoms with Crippen molar-refractivity contribution in [3.05, 3.63) is 100 Å². The number of rotatable bonds is 9. The molecule has 0 saturated carbocycles. The van der Waals surface area contributed by atoms with Gasteiger partial charge in [-0.3, -0.25) is 4.98 Å². The number of fused-ring (bicyclic) bond motifs is 7. The van der Waals surface area contributed by atoms with E-state index in [1.54, 1.807) is 25.3 Å². The van der Waals surface area contributed by atoms with Gasteiger partial charge in [-0.1, -0.05) is 18.2 Å². The first kappa shape index (κ1) is 35.4. The van der Waals surface area contributed by atoms with Crippen molar-refractivity contribution < 1.29 is 46.4 Å². The first-order valence-electron chi connectivity index (χ1n) is 16.9. The zero-order valence-electron chi connectivity index (χ0n) is 28.7. The van der Waals surface area contributed by atoms with E-state index in [4.69, 9.17) is 33.4 Å². The van der Waals surface area contributed by atoms with Crippen LogP contribution < -0.4 is 9.47 Å². The summed E-state index contributed by atoms with van der Waals surface area (Å²) in [5, 5.41) is 0. The molecule has 5 heterocycles. The number of nitrogens with zero attached hydrogens (tertiary/aromatic N) is 4. The van der Waals surface area contributed by atoms with Gasteiger partial charge in [0.25, 0.3) is 0 Å². The molecule has 14 heteroatoms. The number of ether oxygens (including phenoxy) is 6. The minimum atomic E-state index is -4.58. The van der Waals surface area contributed by atoms with Crippen molar-refractivity contribution in [1.29, 1.82) is 0 Å². The highest BCUT2D eigenvalue weighted by Gasteiger charge is 2.33. The Morgan fingerprint density at radius 1 is 0.981 bits per heavy atom. The van der Waals surface area contributed by atoms with E-state index in [1.807, 2.05) is 30.3 Å². The summed E-state index contributed by atoms with van der Waals surface area (Å²) in [5.41, 5.74) is 4.91. The fourth-order valence-corrected chi connectivity index (χ4v) is 6.27. The second kappa shape index (κ2) is 15.3. The molecule has 0 amide bonds. The molecular formula is C38H37F3N4O7. The van der Waals surface area contributed by atoms with Crippen LogP contribution in [0.15, 0.2) is 60.8 Å². The van der Waals surface area contributed by atoms with Gasteiger partial charge in [-0.15, -0.1) is 0 Å². The third kappa shape index (κ3) is 7.73. The van der Waals surface area contributed by atoms with Crippen molar-refractivity contribution in [3.8, 4) is 22.9 Å². The van der Waals surface area contributed by atoms with Crippen LogP contribution in [0.4, 0.5) is 13.2 Å². The molecule has 5 aromatic rings. The predicted octanol–water partition coefficient (Wildman–Crippen LogP) is 6.36. The Labute approximate surface area is 297 Å². The number of hydrogen-bond acceptors (Lipinski definition) is 10. The number of imidazole rings is 1. The van der Waals surface area contributed by atoms with Crippen LogP contribution in [-0.4, -0.2) is 72.2 Å². The Hall–Kier alpha value is -5.05. The van der Waals surface area contributed by atoms with Gasteiger partial charge < -0.3 is 33.0 Å². The fraction of sp³-hybridized carbons (Fsp3) is 0.368.